The zero-order valence-electron chi connectivity index (χ0n) is 12.9. The van der Waals surface area contributed by atoms with Gasteiger partial charge in [0.05, 0.1) is 5.75 Å². The summed E-state index contributed by atoms with van der Waals surface area (Å²) in [5.74, 6) is -0.605. The maximum absolute atomic E-state index is 14.2. The Hall–Kier alpha value is -1.85. The average molecular weight is 331 g/mol. The molecule has 0 saturated carbocycles. The molecule has 120 valence electrons. The minimum Gasteiger partial charge on any atom is -0.306 e. The van der Waals surface area contributed by atoms with Gasteiger partial charge in [-0.3, -0.25) is 4.98 Å². The highest BCUT2D eigenvalue weighted by Gasteiger charge is 2.20. The monoisotopic (exact) mass is 331 g/mol. The molecule has 1 N–H and O–H groups in total. The van der Waals surface area contributed by atoms with Crippen molar-refractivity contribution in [1.29, 1.82) is 0 Å². The number of nitrogens with zero attached hydrogens (tertiary/aromatic N) is 1. The molecule has 2 aromatic rings. The number of aromatic nitrogens is 1. The minimum atomic E-state index is -2.04. The number of aryl methyl sites for hydroxylation is 1. The smallest absolute Gasteiger partial charge is 0.157 e. The summed E-state index contributed by atoms with van der Waals surface area (Å²) in [6, 6.07) is 8.91. The van der Waals surface area contributed by atoms with Crippen molar-refractivity contribution in [2.45, 2.75) is 31.9 Å². The molecule has 1 unspecified atom stereocenters. The molecule has 0 fully saturated rings. The van der Waals surface area contributed by atoms with Crippen molar-refractivity contribution in [3.8, 4) is 0 Å². The van der Waals surface area contributed by atoms with E-state index >= 15 is 0 Å². The van der Waals surface area contributed by atoms with Crippen molar-refractivity contribution < 1.29 is 13.2 Å². The lowest BCUT2D eigenvalue weighted by molar-refractivity contribution is 0.559. The van der Waals surface area contributed by atoms with Crippen LogP contribution in [0.5, 0.6) is 0 Å². The zero-order chi connectivity index (χ0) is 16.4. The van der Waals surface area contributed by atoms with Crippen LogP contribution in [0.3, 0.4) is 0 Å². The van der Waals surface area contributed by atoms with Gasteiger partial charge in [-0.1, -0.05) is 18.2 Å². The molecule has 3 rings (SSSR count). The molecule has 1 aromatic carbocycles. The van der Waals surface area contributed by atoms with Crippen LogP contribution in [-0.4, -0.2) is 13.7 Å². The van der Waals surface area contributed by atoms with E-state index in [1.54, 1.807) is 12.3 Å². The third kappa shape index (κ3) is 3.41. The molecule has 3 nitrogen and oxygen atoms in total. The van der Waals surface area contributed by atoms with Gasteiger partial charge < -0.3 is 4.55 Å². The Balaban J connectivity index is 2.03. The second-order valence-electron chi connectivity index (χ2n) is 5.72. The predicted octanol–water partition coefficient (Wildman–Crippen LogP) is 4.35. The van der Waals surface area contributed by atoms with E-state index < -0.39 is 16.9 Å². The molecule has 0 saturated heterocycles. The Kier molecular flexibility index (Phi) is 4.68. The molecule has 1 aliphatic rings. The third-order valence-corrected chi connectivity index (χ3v) is 4.79. The maximum atomic E-state index is 14.2. The fraction of sp³-hybridized carbons (Fsp3) is 0.278. The molecule has 0 aliphatic heterocycles. The van der Waals surface area contributed by atoms with Gasteiger partial charge >= 0.3 is 0 Å². The Morgan fingerprint density at radius 2 is 2.04 bits per heavy atom. The van der Waals surface area contributed by atoms with Crippen molar-refractivity contribution >= 4 is 22.2 Å². The predicted molar refractivity (Wildman–Crippen MR) is 90.5 cm³/mol. The fourth-order valence-electron chi connectivity index (χ4n) is 3.15. The first-order chi connectivity index (χ1) is 11.1. The van der Waals surface area contributed by atoms with E-state index in [4.69, 9.17) is 4.55 Å². The van der Waals surface area contributed by atoms with E-state index in [0.717, 1.165) is 41.7 Å². The number of pyridine rings is 1. The van der Waals surface area contributed by atoms with Crippen LogP contribution in [0.1, 0.15) is 41.6 Å². The topological polar surface area (TPSA) is 50.2 Å². The van der Waals surface area contributed by atoms with Gasteiger partial charge in [0.2, 0.25) is 0 Å². The van der Waals surface area contributed by atoms with Crippen LogP contribution in [0.2, 0.25) is 0 Å². The van der Waals surface area contributed by atoms with E-state index in [9.17, 15) is 8.60 Å². The molecule has 1 aromatic heterocycles. The molecule has 0 amide bonds. The summed E-state index contributed by atoms with van der Waals surface area (Å²) >= 11 is -2.04. The van der Waals surface area contributed by atoms with Crippen LogP contribution >= 0.6 is 0 Å². The molecule has 5 heteroatoms. The van der Waals surface area contributed by atoms with E-state index in [1.807, 2.05) is 19.1 Å². The van der Waals surface area contributed by atoms with E-state index in [1.165, 1.54) is 11.6 Å². The van der Waals surface area contributed by atoms with Crippen LogP contribution in [-0.2, 0) is 16.8 Å². The molecule has 1 heterocycles. The number of hydrogen-bond acceptors (Lipinski definition) is 2. The Morgan fingerprint density at radius 1 is 1.26 bits per heavy atom. The second kappa shape index (κ2) is 6.72. The van der Waals surface area contributed by atoms with Crippen LogP contribution in [0.25, 0.3) is 11.1 Å². The van der Waals surface area contributed by atoms with Crippen LogP contribution in [0, 0.1) is 12.7 Å². The van der Waals surface area contributed by atoms with Crippen molar-refractivity contribution in [2.75, 3.05) is 0 Å². The van der Waals surface area contributed by atoms with Crippen molar-refractivity contribution in [3.63, 3.8) is 0 Å². The molecule has 0 spiro atoms. The quantitative estimate of drug-likeness (QED) is 0.848. The van der Waals surface area contributed by atoms with Gasteiger partial charge in [0.25, 0.3) is 0 Å². The Labute approximate surface area is 137 Å². The molecular formula is C18H18FNO2S. The Morgan fingerprint density at radius 3 is 2.74 bits per heavy atom. The first-order valence-corrected chi connectivity index (χ1v) is 8.84. The van der Waals surface area contributed by atoms with Crippen molar-refractivity contribution in [3.05, 3.63) is 64.7 Å². The summed E-state index contributed by atoms with van der Waals surface area (Å²) in [5.41, 5.74) is 5.61. The third-order valence-electron chi connectivity index (χ3n) is 4.23. The summed E-state index contributed by atoms with van der Waals surface area (Å²) in [7, 11) is 0. The van der Waals surface area contributed by atoms with E-state index in [-0.39, 0.29) is 11.3 Å². The van der Waals surface area contributed by atoms with Crippen molar-refractivity contribution in [1.82, 2.24) is 4.98 Å². The number of hydrogen-bond donors (Lipinski definition) is 1. The normalized spacial score (nSPS) is 16.0. The SMILES string of the molecule is Cc1ncccc1C1=C(c2ccc(CS(=O)O)c(F)c2)CCC1. The molecule has 1 aliphatic carbocycles. The number of allylic oxidation sites excluding steroid dienone is 2. The molecule has 0 radical (unpaired) electrons. The van der Waals surface area contributed by atoms with Gasteiger partial charge in [0, 0.05) is 17.5 Å². The lowest BCUT2D eigenvalue weighted by Gasteiger charge is -2.11. The average Bonchev–Trinajstić information content (AvgIpc) is 2.98. The molecule has 1 atom stereocenters. The number of rotatable bonds is 4. The summed E-state index contributed by atoms with van der Waals surface area (Å²) in [4.78, 5) is 4.35. The summed E-state index contributed by atoms with van der Waals surface area (Å²) in [6.07, 6.45) is 4.70. The lowest BCUT2D eigenvalue weighted by atomic mass is 9.95. The van der Waals surface area contributed by atoms with Crippen LogP contribution in [0.4, 0.5) is 4.39 Å². The maximum Gasteiger partial charge on any atom is 0.157 e. The van der Waals surface area contributed by atoms with E-state index in [2.05, 4.69) is 11.1 Å². The minimum absolute atomic E-state index is 0.181. The van der Waals surface area contributed by atoms with Gasteiger partial charge in [0.1, 0.15) is 5.82 Å². The second-order valence-corrected chi connectivity index (χ2v) is 6.65. The van der Waals surface area contributed by atoms with Crippen LogP contribution < -0.4 is 0 Å². The van der Waals surface area contributed by atoms with Crippen molar-refractivity contribution in [2.24, 2.45) is 0 Å². The molecule has 0 bridgehead atoms. The first-order valence-electron chi connectivity index (χ1n) is 7.56. The fourth-order valence-corrected chi connectivity index (χ4v) is 3.65. The summed E-state index contributed by atoms with van der Waals surface area (Å²) < 4.78 is 34.0. The number of halogens is 1. The standard InChI is InChI=1S/C18H18FNO2S/c1-12-15(6-3-9-20-12)17-5-2-4-16(17)13-7-8-14(11-23(21)22)18(19)10-13/h3,6-10H,2,4-5,11H2,1H3,(H,21,22). The van der Waals surface area contributed by atoms with Gasteiger partial charge in [-0.2, -0.15) is 0 Å². The molecular weight excluding hydrogens is 313 g/mol. The van der Waals surface area contributed by atoms with Gasteiger partial charge in [-0.05, 0) is 60.6 Å². The van der Waals surface area contributed by atoms with Gasteiger partial charge in [-0.25, -0.2) is 8.60 Å². The number of benzene rings is 1. The molecule has 23 heavy (non-hydrogen) atoms. The van der Waals surface area contributed by atoms with Gasteiger partial charge in [-0.15, -0.1) is 0 Å². The van der Waals surface area contributed by atoms with Crippen LogP contribution in [0.15, 0.2) is 36.5 Å². The van der Waals surface area contributed by atoms with E-state index in [0.29, 0.717) is 0 Å². The highest BCUT2D eigenvalue weighted by molar-refractivity contribution is 7.78. The largest absolute Gasteiger partial charge is 0.306 e. The Bertz CT molecular complexity index is 801. The zero-order valence-corrected chi connectivity index (χ0v) is 13.7. The lowest BCUT2D eigenvalue weighted by Crippen LogP contribution is -1.98. The summed E-state index contributed by atoms with van der Waals surface area (Å²) in [6.45, 7) is 1.98. The highest BCUT2D eigenvalue weighted by atomic mass is 32.2. The highest BCUT2D eigenvalue weighted by Crippen LogP contribution is 2.40. The van der Waals surface area contributed by atoms with Gasteiger partial charge in [0.15, 0.2) is 11.1 Å². The first kappa shape index (κ1) is 16.0. The summed E-state index contributed by atoms with van der Waals surface area (Å²) in [5, 5.41) is 0.